The Bertz CT molecular complexity index is 1320. The van der Waals surface area contributed by atoms with Gasteiger partial charge in [-0.15, -0.1) is 24.9 Å². The number of rotatable bonds is 14. The predicted molar refractivity (Wildman–Crippen MR) is 156 cm³/mol. The number of benzene rings is 2. The van der Waals surface area contributed by atoms with Crippen molar-refractivity contribution in [2.75, 3.05) is 50.4 Å². The quantitative estimate of drug-likeness (QED) is 0.196. The van der Waals surface area contributed by atoms with Crippen LogP contribution in [0.1, 0.15) is 24.2 Å². The summed E-state index contributed by atoms with van der Waals surface area (Å²) in [4.78, 5) is 23.7. The Labute approximate surface area is 228 Å². The molecule has 1 aromatic heterocycles. The van der Waals surface area contributed by atoms with Gasteiger partial charge in [0, 0.05) is 36.6 Å². The number of anilines is 1. The van der Waals surface area contributed by atoms with E-state index in [0.717, 1.165) is 28.2 Å². The molecular weight excluding hydrogens is 525 g/mol. The van der Waals surface area contributed by atoms with Crippen molar-refractivity contribution in [3.63, 3.8) is 0 Å². The van der Waals surface area contributed by atoms with Crippen molar-refractivity contribution in [2.24, 2.45) is 0 Å². The van der Waals surface area contributed by atoms with Crippen molar-refractivity contribution < 1.29 is 13.2 Å². The average molecular weight is 559 g/mol. The maximum atomic E-state index is 13.7. The largest absolute Gasteiger partial charge is 0.302 e. The summed E-state index contributed by atoms with van der Waals surface area (Å²) in [6.07, 6.45) is 5.08. The molecule has 0 aliphatic carbocycles. The van der Waals surface area contributed by atoms with Crippen molar-refractivity contribution in [1.29, 1.82) is 0 Å². The van der Waals surface area contributed by atoms with Crippen LogP contribution in [0.2, 0.25) is 0 Å². The molecule has 3 aromatic rings. The van der Waals surface area contributed by atoms with Crippen LogP contribution in [0.25, 0.3) is 10.2 Å². The number of amides is 1. The molecule has 7 nitrogen and oxygen atoms in total. The lowest BCUT2D eigenvalue weighted by atomic mass is 10.2. The number of likely N-dealkylation sites (N-methyl/N-ethyl adjacent to an activating group) is 1. The van der Waals surface area contributed by atoms with Crippen molar-refractivity contribution >= 4 is 54.4 Å². The van der Waals surface area contributed by atoms with E-state index < -0.39 is 10.0 Å². The second kappa shape index (κ2) is 13.3. The molecule has 0 saturated carbocycles. The van der Waals surface area contributed by atoms with Gasteiger partial charge in [-0.25, -0.2) is 13.4 Å². The molecule has 0 saturated heterocycles. The fraction of sp³-hybridized carbons (Fsp3) is 0.333. The third-order valence-corrected chi connectivity index (χ3v) is 9.66. The van der Waals surface area contributed by atoms with E-state index in [9.17, 15) is 13.2 Å². The zero-order valence-electron chi connectivity index (χ0n) is 21.6. The van der Waals surface area contributed by atoms with Gasteiger partial charge < -0.3 is 4.90 Å². The van der Waals surface area contributed by atoms with E-state index in [1.807, 2.05) is 24.5 Å². The van der Waals surface area contributed by atoms with Gasteiger partial charge in [-0.1, -0.05) is 43.4 Å². The highest BCUT2D eigenvalue weighted by Crippen LogP contribution is 2.34. The lowest BCUT2D eigenvalue weighted by molar-refractivity contribution is 0.0983. The van der Waals surface area contributed by atoms with E-state index in [4.69, 9.17) is 4.98 Å². The number of thiazole rings is 1. The van der Waals surface area contributed by atoms with E-state index >= 15 is 0 Å². The highest BCUT2D eigenvalue weighted by Gasteiger charge is 2.25. The third kappa shape index (κ3) is 6.69. The molecule has 37 heavy (non-hydrogen) atoms. The lowest BCUT2D eigenvalue weighted by Gasteiger charge is -2.25. The van der Waals surface area contributed by atoms with Gasteiger partial charge >= 0.3 is 0 Å². The summed E-state index contributed by atoms with van der Waals surface area (Å²) in [5.41, 5.74) is 1.29. The number of hydrogen-bond donors (Lipinski definition) is 0. The van der Waals surface area contributed by atoms with Crippen LogP contribution >= 0.6 is 23.1 Å². The predicted octanol–water partition coefficient (Wildman–Crippen LogP) is 5.37. The number of sulfonamides is 1. The van der Waals surface area contributed by atoms with Crippen molar-refractivity contribution in [3.05, 3.63) is 73.3 Å². The third-order valence-electron chi connectivity index (χ3n) is 6.01. The highest BCUT2D eigenvalue weighted by atomic mass is 32.2. The number of carbonyl (C=O) groups excluding carboxylic acids is 1. The van der Waals surface area contributed by atoms with Crippen LogP contribution in [0.5, 0.6) is 0 Å². The molecule has 0 unspecified atom stereocenters. The van der Waals surface area contributed by atoms with E-state index in [-0.39, 0.29) is 23.9 Å². The van der Waals surface area contributed by atoms with E-state index in [2.05, 4.69) is 31.9 Å². The Kier molecular flexibility index (Phi) is 10.5. The minimum atomic E-state index is -3.75. The molecule has 0 atom stereocenters. The van der Waals surface area contributed by atoms with Crippen LogP contribution in [0.4, 0.5) is 5.13 Å². The smallest absolute Gasteiger partial charge is 0.260 e. The molecule has 2 aromatic carbocycles. The van der Waals surface area contributed by atoms with Crippen LogP contribution in [0.15, 0.2) is 77.6 Å². The molecule has 0 radical (unpaired) electrons. The summed E-state index contributed by atoms with van der Waals surface area (Å²) < 4.78 is 28.4. The summed E-state index contributed by atoms with van der Waals surface area (Å²) in [5.74, 6) is -0.213. The zero-order chi connectivity index (χ0) is 27.0. The van der Waals surface area contributed by atoms with Gasteiger partial charge in [0.25, 0.3) is 5.91 Å². The standard InChI is InChI=1S/C27H34N4O3S3/c1-6-17-30(18-7-2)37(33,34)22-15-13-21(14-16-22)26(32)31(20-19-29(8-3)9-4)27-28-25-23(35-5)11-10-12-24(25)36-27/h6-7,10-16H,1-2,8-9,17-20H2,3-5H3. The SMILES string of the molecule is C=CCN(CC=C)S(=O)(=O)c1ccc(C(=O)N(CCN(CC)CC)c2nc3c(SC)cccc3s2)cc1. The van der Waals surface area contributed by atoms with Crippen molar-refractivity contribution in [1.82, 2.24) is 14.2 Å². The van der Waals surface area contributed by atoms with Crippen LogP contribution in [0.3, 0.4) is 0 Å². The lowest BCUT2D eigenvalue weighted by Crippen LogP contribution is -2.39. The molecule has 10 heteroatoms. The summed E-state index contributed by atoms with van der Waals surface area (Å²) >= 11 is 3.11. The summed E-state index contributed by atoms with van der Waals surface area (Å²) in [7, 11) is -3.75. The maximum Gasteiger partial charge on any atom is 0.260 e. The first kappa shape index (κ1) is 29.1. The first-order valence-corrected chi connectivity index (χ1v) is 15.6. The fourth-order valence-electron chi connectivity index (χ4n) is 3.89. The van der Waals surface area contributed by atoms with Crippen LogP contribution in [-0.2, 0) is 10.0 Å². The summed E-state index contributed by atoms with van der Waals surface area (Å²) in [6, 6.07) is 12.1. The van der Waals surface area contributed by atoms with Gasteiger partial charge in [-0.3, -0.25) is 9.69 Å². The molecule has 0 fully saturated rings. The number of carbonyl (C=O) groups is 1. The molecule has 0 spiro atoms. The summed E-state index contributed by atoms with van der Waals surface area (Å²) in [5, 5.41) is 0.633. The van der Waals surface area contributed by atoms with Crippen LogP contribution < -0.4 is 4.90 Å². The Balaban J connectivity index is 1.96. The monoisotopic (exact) mass is 558 g/mol. The fourth-order valence-corrected chi connectivity index (χ4v) is 6.92. The van der Waals surface area contributed by atoms with Gasteiger partial charge in [-0.05, 0) is 55.7 Å². The molecule has 3 rings (SSSR count). The number of para-hydroxylation sites is 1. The summed E-state index contributed by atoms with van der Waals surface area (Å²) in [6.45, 7) is 14.8. The topological polar surface area (TPSA) is 73.8 Å². The van der Waals surface area contributed by atoms with E-state index in [0.29, 0.717) is 23.8 Å². The van der Waals surface area contributed by atoms with Gasteiger partial charge in [0.05, 0.1) is 15.1 Å². The molecular formula is C27H34N4O3S3. The van der Waals surface area contributed by atoms with Gasteiger partial charge in [0.1, 0.15) is 0 Å². The Hall–Kier alpha value is -2.50. The van der Waals surface area contributed by atoms with Gasteiger partial charge in [-0.2, -0.15) is 4.31 Å². The number of fused-ring (bicyclic) bond motifs is 1. The number of nitrogens with zero attached hydrogens (tertiary/aromatic N) is 4. The molecule has 0 N–H and O–H groups in total. The Morgan fingerprint density at radius 2 is 1.68 bits per heavy atom. The van der Waals surface area contributed by atoms with E-state index in [1.165, 1.54) is 39.9 Å². The van der Waals surface area contributed by atoms with Gasteiger partial charge in [0.15, 0.2) is 5.13 Å². The minimum Gasteiger partial charge on any atom is -0.302 e. The Morgan fingerprint density at radius 1 is 1.03 bits per heavy atom. The second-order valence-electron chi connectivity index (χ2n) is 8.21. The molecule has 1 amide bonds. The zero-order valence-corrected chi connectivity index (χ0v) is 24.0. The van der Waals surface area contributed by atoms with E-state index in [1.54, 1.807) is 28.8 Å². The van der Waals surface area contributed by atoms with Crippen LogP contribution in [-0.4, -0.2) is 74.0 Å². The normalized spacial score (nSPS) is 11.8. The van der Waals surface area contributed by atoms with Gasteiger partial charge in [0.2, 0.25) is 10.0 Å². The molecule has 0 aliphatic rings. The first-order valence-electron chi connectivity index (χ1n) is 12.1. The van der Waals surface area contributed by atoms with Crippen molar-refractivity contribution in [3.8, 4) is 0 Å². The molecule has 198 valence electrons. The van der Waals surface area contributed by atoms with Crippen LogP contribution in [0, 0.1) is 0 Å². The molecule has 1 heterocycles. The second-order valence-corrected chi connectivity index (χ2v) is 12.0. The number of thioether (sulfide) groups is 1. The van der Waals surface area contributed by atoms with Crippen molar-refractivity contribution in [2.45, 2.75) is 23.6 Å². The molecule has 0 bridgehead atoms. The number of aromatic nitrogens is 1. The minimum absolute atomic E-state index is 0.118. The first-order chi connectivity index (χ1) is 17.8. The maximum absolute atomic E-state index is 13.7. The average Bonchev–Trinajstić information content (AvgIpc) is 3.35. The number of hydrogen-bond acceptors (Lipinski definition) is 7. The molecule has 0 aliphatic heterocycles. The highest BCUT2D eigenvalue weighted by molar-refractivity contribution is 7.98. The Morgan fingerprint density at radius 3 is 2.24 bits per heavy atom.